The lowest BCUT2D eigenvalue weighted by atomic mass is 9.80. The Morgan fingerprint density at radius 2 is 1.72 bits per heavy atom. The summed E-state index contributed by atoms with van der Waals surface area (Å²) in [5, 5.41) is 9.68. The van der Waals surface area contributed by atoms with Crippen molar-refractivity contribution in [1.29, 1.82) is 0 Å². The molecular weight excluding hydrogens is 364 g/mol. The van der Waals surface area contributed by atoms with Gasteiger partial charge in [-0.15, -0.1) is 0 Å². The van der Waals surface area contributed by atoms with Crippen LogP contribution in [0.5, 0.6) is 0 Å². The van der Waals surface area contributed by atoms with Crippen LogP contribution in [0, 0.1) is 12.8 Å². The second kappa shape index (κ2) is 9.61. The van der Waals surface area contributed by atoms with E-state index in [2.05, 4.69) is 52.0 Å². The SMILES string of the molecule is CNC(=O)[C@@H]1CC[C@H](NC(=O)C2(Nc3ccc(C)cc3)CCCCC2)CN(C)C1. The highest BCUT2D eigenvalue weighted by Gasteiger charge is 2.40. The fraction of sp³-hybridized carbons (Fsp3) is 0.652. The maximum atomic E-state index is 13.5. The average molecular weight is 401 g/mol. The third-order valence-corrected chi connectivity index (χ3v) is 6.46. The first-order chi connectivity index (χ1) is 13.9. The predicted molar refractivity (Wildman–Crippen MR) is 117 cm³/mol. The maximum Gasteiger partial charge on any atom is 0.245 e. The number of aryl methyl sites for hydroxylation is 1. The molecule has 1 aromatic rings. The smallest absolute Gasteiger partial charge is 0.245 e. The van der Waals surface area contributed by atoms with Gasteiger partial charge in [-0.05, 0) is 51.8 Å². The zero-order valence-electron chi connectivity index (χ0n) is 18.1. The van der Waals surface area contributed by atoms with Gasteiger partial charge in [0.2, 0.25) is 11.8 Å². The molecule has 6 heteroatoms. The molecule has 6 nitrogen and oxygen atoms in total. The molecular formula is C23H36N4O2. The minimum absolute atomic E-state index is 0.0128. The van der Waals surface area contributed by atoms with Gasteiger partial charge < -0.3 is 20.9 Å². The highest BCUT2D eigenvalue weighted by Crippen LogP contribution is 2.32. The summed E-state index contributed by atoms with van der Waals surface area (Å²) >= 11 is 0. The molecule has 0 radical (unpaired) electrons. The van der Waals surface area contributed by atoms with E-state index in [1.54, 1.807) is 7.05 Å². The Bertz CT molecular complexity index is 697. The minimum atomic E-state index is -0.543. The van der Waals surface area contributed by atoms with Gasteiger partial charge in [0.05, 0.1) is 5.92 Å². The van der Waals surface area contributed by atoms with Gasteiger partial charge in [0, 0.05) is 31.9 Å². The Morgan fingerprint density at radius 1 is 1.03 bits per heavy atom. The first-order valence-electron chi connectivity index (χ1n) is 11.0. The van der Waals surface area contributed by atoms with E-state index < -0.39 is 5.54 Å². The van der Waals surface area contributed by atoms with Crippen molar-refractivity contribution < 1.29 is 9.59 Å². The van der Waals surface area contributed by atoms with Crippen molar-refractivity contribution in [2.45, 2.75) is 63.5 Å². The molecule has 3 N–H and O–H groups in total. The highest BCUT2D eigenvalue weighted by molar-refractivity contribution is 5.90. The third kappa shape index (κ3) is 5.50. The summed E-state index contributed by atoms with van der Waals surface area (Å²) < 4.78 is 0. The quantitative estimate of drug-likeness (QED) is 0.711. The average Bonchev–Trinajstić information content (AvgIpc) is 2.91. The molecule has 0 aromatic heterocycles. The molecule has 0 spiro atoms. The van der Waals surface area contributed by atoms with E-state index in [0.717, 1.165) is 57.3 Å². The van der Waals surface area contributed by atoms with Gasteiger partial charge in [-0.1, -0.05) is 37.0 Å². The van der Waals surface area contributed by atoms with Crippen LogP contribution in [0.2, 0.25) is 0 Å². The molecule has 2 fully saturated rings. The Balaban J connectivity index is 1.69. The number of hydrogen-bond acceptors (Lipinski definition) is 4. The summed E-state index contributed by atoms with van der Waals surface area (Å²) in [5.74, 6) is 0.185. The molecule has 1 heterocycles. The lowest BCUT2D eigenvalue weighted by Gasteiger charge is -2.39. The van der Waals surface area contributed by atoms with Gasteiger partial charge in [-0.2, -0.15) is 0 Å². The van der Waals surface area contributed by atoms with Crippen molar-refractivity contribution in [1.82, 2.24) is 15.5 Å². The Hall–Kier alpha value is -2.08. The molecule has 0 unspecified atom stereocenters. The summed E-state index contributed by atoms with van der Waals surface area (Å²) in [6.45, 7) is 3.58. The fourth-order valence-corrected chi connectivity index (χ4v) is 4.75. The number of hydrogen-bond donors (Lipinski definition) is 3. The number of anilines is 1. The van der Waals surface area contributed by atoms with Crippen molar-refractivity contribution in [3.05, 3.63) is 29.8 Å². The summed E-state index contributed by atoms with van der Waals surface area (Å²) in [7, 11) is 3.72. The van der Waals surface area contributed by atoms with Crippen molar-refractivity contribution in [3.8, 4) is 0 Å². The van der Waals surface area contributed by atoms with E-state index in [1.807, 2.05) is 7.05 Å². The number of nitrogens with one attached hydrogen (secondary N) is 3. The third-order valence-electron chi connectivity index (χ3n) is 6.46. The molecule has 1 aliphatic heterocycles. The summed E-state index contributed by atoms with van der Waals surface area (Å²) in [4.78, 5) is 27.7. The van der Waals surface area contributed by atoms with E-state index in [1.165, 1.54) is 12.0 Å². The lowest BCUT2D eigenvalue weighted by molar-refractivity contribution is -0.127. The molecule has 1 saturated heterocycles. The van der Waals surface area contributed by atoms with Crippen molar-refractivity contribution >= 4 is 17.5 Å². The number of likely N-dealkylation sites (tertiary alicyclic amines) is 1. The minimum Gasteiger partial charge on any atom is -0.371 e. The summed E-state index contributed by atoms with van der Waals surface area (Å²) in [6.07, 6.45) is 6.66. The van der Waals surface area contributed by atoms with Crippen LogP contribution in [-0.2, 0) is 9.59 Å². The Labute approximate surface area is 174 Å². The second-order valence-corrected chi connectivity index (χ2v) is 8.91. The van der Waals surface area contributed by atoms with Crippen molar-refractivity contribution in [3.63, 3.8) is 0 Å². The molecule has 29 heavy (non-hydrogen) atoms. The zero-order valence-corrected chi connectivity index (χ0v) is 18.1. The van der Waals surface area contributed by atoms with Crippen LogP contribution in [-0.4, -0.2) is 55.5 Å². The van der Waals surface area contributed by atoms with Crippen LogP contribution in [0.15, 0.2) is 24.3 Å². The summed E-state index contributed by atoms with van der Waals surface area (Å²) in [6, 6.07) is 8.35. The van der Waals surface area contributed by atoms with Gasteiger partial charge in [-0.3, -0.25) is 9.59 Å². The lowest BCUT2D eigenvalue weighted by Crippen LogP contribution is -2.57. The molecule has 2 atom stereocenters. The fourth-order valence-electron chi connectivity index (χ4n) is 4.75. The number of amides is 2. The molecule has 2 amide bonds. The van der Waals surface area contributed by atoms with E-state index in [4.69, 9.17) is 0 Å². The maximum absolute atomic E-state index is 13.5. The predicted octanol–water partition coefficient (Wildman–Crippen LogP) is 2.68. The van der Waals surface area contributed by atoms with Crippen molar-refractivity contribution in [2.24, 2.45) is 5.92 Å². The van der Waals surface area contributed by atoms with Crippen LogP contribution in [0.25, 0.3) is 0 Å². The van der Waals surface area contributed by atoms with Crippen LogP contribution in [0.3, 0.4) is 0 Å². The number of likely N-dealkylation sites (N-methyl/N-ethyl adjacent to an activating group) is 1. The number of carbonyl (C=O) groups is 2. The largest absolute Gasteiger partial charge is 0.371 e. The van der Waals surface area contributed by atoms with Crippen LogP contribution < -0.4 is 16.0 Å². The standard InChI is InChI=1S/C23H36N4O2/c1-17-7-10-19(11-8-17)26-23(13-5-4-6-14-23)22(29)25-20-12-9-18(21(28)24-2)15-27(3)16-20/h7-8,10-11,18,20,26H,4-6,9,12-16H2,1-3H3,(H,24,28)(H,25,29)/t18-,20+/m1/s1. The highest BCUT2D eigenvalue weighted by atomic mass is 16.2. The molecule has 1 aromatic carbocycles. The van der Waals surface area contributed by atoms with E-state index in [-0.39, 0.29) is 23.8 Å². The first kappa shape index (κ1) is 21.6. The number of carbonyl (C=O) groups excluding carboxylic acids is 2. The number of nitrogens with zero attached hydrogens (tertiary/aromatic N) is 1. The molecule has 160 valence electrons. The van der Waals surface area contributed by atoms with Crippen molar-refractivity contribution in [2.75, 3.05) is 32.5 Å². The molecule has 2 aliphatic rings. The van der Waals surface area contributed by atoms with Crippen LogP contribution in [0.1, 0.15) is 50.5 Å². The van der Waals surface area contributed by atoms with Gasteiger partial charge in [0.1, 0.15) is 5.54 Å². The Kier molecular flexibility index (Phi) is 7.17. The number of rotatable bonds is 5. The monoisotopic (exact) mass is 400 g/mol. The molecule has 3 rings (SSSR count). The second-order valence-electron chi connectivity index (χ2n) is 8.91. The van der Waals surface area contributed by atoms with E-state index >= 15 is 0 Å². The number of benzene rings is 1. The molecule has 0 bridgehead atoms. The first-order valence-corrected chi connectivity index (χ1v) is 11.0. The Morgan fingerprint density at radius 3 is 2.38 bits per heavy atom. The van der Waals surface area contributed by atoms with Gasteiger partial charge in [0.25, 0.3) is 0 Å². The van der Waals surface area contributed by atoms with Gasteiger partial charge in [0.15, 0.2) is 0 Å². The zero-order chi connectivity index (χ0) is 20.9. The normalized spacial score (nSPS) is 24.9. The van der Waals surface area contributed by atoms with Gasteiger partial charge in [-0.25, -0.2) is 0 Å². The summed E-state index contributed by atoms with van der Waals surface area (Å²) in [5.41, 5.74) is 1.67. The van der Waals surface area contributed by atoms with E-state index in [0.29, 0.717) is 0 Å². The van der Waals surface area contributed by atoms with Gasteiger partial charge >= 0.3 is 0 Å². The van der Waals surface area contributed by atoms with Crippen LogP contribution in [0.4, 0.5) is 5.69 Å². The van der Waals surface area contributed by atoms with Crippen LogP contribution >= 0.6 is 0 Å². The van der Waals surface area contributed by atoms with E-state index in [9.17, 15) is 9.59 Å². The molecule has 1 aliphatic carbocycles. The molecule has 1 saturated carbocycles. The topological polar surface area (TPSA) is 73.5 Å².